The molecule has 1 rings (SSSR count). The highest BCUT2D eigenvalue weighted by atomic mass is 35.5. The maximum Gasteiger partial charge on any atom is 0.0441 e. The maximum absolute atomic E-state index is 5.86. The highest BCUT2D eigenvalue weighted by Gasteiger charge is 1.93. The zero-order chi connectivity index (χ0) is 7.40. The third kappa shape index (κ3) is 2.96. The van der Waals surface area contributed by atoms with Crippen molar-refractivity contribution in [1.29, 1.82) is 0 Å². The molecule has 0 saturated carbocycles. The van der Waals surface area contributed by atoms with Crippen molar-refractivity contribution in [3.8, 4) is 0 Å². The molecule has 0 bridgehead atoms. The van der Waals surface area contributed by atoms with E-state index in [1.54, 1.807) is 0 Å². The molecular weight excluding hydrogens is 179 g/mol. The third-order valence-electron chi connectivity index (χ3n) is 1.32. The van der Waals surface area contributed by atoms with E-state index >= 15 is 0 Å². The predicted molar refractivity (Wildman–Crippen MR) is 52.6 cm³/mol. The average Bonchev–Trinajstić information content (AvgIpc) is 1.94. The van der Waals surface area contributed by atoms with Gasteiger partial charge in [0.25, 0.3) is 0 Å². The Hall–Kier alpha value is -0.460. The lowest BCUT2D eigenvalue weighted by atomic mass is 10.1. The summed E-state index contributed by atoms with van der Waals surface area (Å²) in [6.45, 7) is 3.64. The van der Waals surface area contributed by atoms with Crippen LogP contribution >= 0.6 is 24.0 Å². The van der Waals surface area contributed by atoms with Gasteiger partial charge in [0.1, 0.15) is 0 Å². The van der Waals surface area contributed by atoms with Crippen LogP contribution in [-0.4, -0.2) is 0 Å². The number of hydrogen-bond acceptors (Lipinski definition) is 0. The first-order valence-electron chi connectivity index (χ1n) is 3.19. The van der Waals surface area contributed by atoms with Crippen molar-refractivity contribution in [2.75, 3.05) is 0 Å². The molecule has 0 aliphatic carbocycles. The van der Waals surface area contributed by atoms with Gasteiger partial charge in [0.05, 0.1) is 0 Å². The van der Waals surface area contributed by atoms with Crippen LogP contribution in [0.25, 0.3) is 0 Å². The first kappa shape index (κ1) is 10.5. The molecule has 0 atom stereocenters. The molecule has 0 aliphatic rings. The standard InChI is InChI=1S/C9H9Cl.ClH/c1-2-5-8-6-3-4-7-9(8)10;/h2-4,6-7H,1,5H2;1H. The molecular formula is C9H10Cl2. The molecule has 0 radical (unpaired) electrons. The predicted octanol–water partition coefficient (Wildman–Crippen LogP) is 3.49. The third-order valence-corrected chi connectivity index (χ3v) is 1.69. The molecule has 11 heavy (non-hydrogen) atoms. The largest absolute Gasteiger partial charge is 0.147 e. The highest BCUT2D eigenvalue weighted by molar-refractivity contribution is 6.31. The van der Waals surface area contributed by atoms with Crippen LogP contribution in [0.1, 0.15) is 5.56 Å². The van der Waals surface area contributed by atoms with Crippen LogP contribution in [0.4, 0.5) is 0 Å². The van der Waals surface area contributed by atoms with Gasteiger partial charge >= 0.3 is 0 Å². The second-order valence-corrected chi connectivity index (χ2v) is 2.49. The van der Waals surface area contributed by atoms with Gasteiger partial charge in [-0.1, -0.05) is 35.9 Å². The van der Waals surface area contributed by atoms with Gasteiger partial charge in [0.15, 0.2) is 0 Å². The fourth-order valence-corrected chi connectivity index (χ4v) is 1.03. The maximum atomic E-state index is 5.86. The Morgan fingerprint density at radius 1 is 1.36 bits per heavy atom. The number of halogens is 2. The number of hydrogen-bond donors (Lipinski definition) is 0. The monoisotopic (exact) mass is 188 g/mol. The zero-order valence-corrected chi connectivity index (χ0v) is 7.66. The molecule has 1 aromatic rings. The van der Waals surface area contributed by atoms with Crippen molar-refractivity contribution >= 4 is 24.0 Å². The van der Waals surface area contributed by atoms with Crippen molar-refractivity contribution in [2.24, 2.45) is 0 Å². The lowest BCUT2D eigenvalue weighted by Gasteiger charge is -1.97. The van der Waals surface area contributed by atoms with Gasteiger partial charge in [-0.25, -0.2) is 0 Å². The summed E-state index contributed by atoms with van der Waals surface area (Å²) < 4.78 is 0. The van der Waals surface area contributed by atoms with E-state index in [0.29, 0.717) is 0 Å². The zero-order valence-electron chi connectivity index (χ0n) is 6.09. The fraction of sp³-hybridized carbons (Fsp3) is 0.111. The summed E-state index contributed by atoms with van der Waals surface area (Å²) in [6.07, 6.45) is 2.70. The summed E-state index contributed by atoms with van der Waals surface area (Å²) in [6, 6.07) is 7.80. The fourth-order valence-electron chi connectivity index (χ4n) is 0.819. The van der Waals surface area contributed by atoms with E-state index in [9.17, 15) is 0 Å². The minimum absolute atomic E-state index is 0. The quantitative estimate of drug-likeness (QED) is 0.624. The lowest BCUT2D eigenvalue weighted by Crippen LogP contribution is -1.79. The Morgan fingerprint density at radius 3 is 2.55 bits per heavy atom. The topological polar surface area (TPSA) is 0 Å². The lowest BCUT2D eigenvalue weighted by molar-refractivity contribution is 1.28. The van der Waals surface area contributed by atoms with Gasteiger partial charge in [0, 0.05) is 5.02 Å². The number of allylic oxidation sites excluding steroid dienone is 1. The van der Waals surface area contributed by atoms with Crippen LogP contribution in [0.5, 0.6) is 0 Å². The van der Waals surface area contributed by atoms with Gasteiger partial charge < -0.3 is 0 Å². The molecule has 60 valence electrons. The summed E-state index contributed by atoms with van der Waals surface area (Å²) >= 11 is 5.86. The first-order chi connectivity index (χ1) is 4.84. The van der Waals surface area contributed by atoms with Crippen LogP contribution in [-0.2, 0) is 6.42 Å². The van der Waals surface area contributed by atoms with Crippen molar-refractivity contribution in [3.63, 3.8) is 0 Å². The smallest absolute Gasteiger partial charge is 0.0441 e. The van der Waals surface area contributed by atoms with Crippen molar-refractivity contribution in [2.45, 2.75) is 6.42 Å². The van der Waals surface area contributed by atoms with Crippen molar-refractivity contribution in [3.05, 3.63) is 47.5 Å². The van der Waals surface area contributed by atoms with Crippen LogP contribution in [0, 0.1) is 0 Å². The molecule has 0 unspecified atom stereocenters. The summed E-state index contributed by atoms with van der Waals surface area (Å²) in [7, 11) is 0. The Morgan fingerprint density at radius 2 is 2.00 bits per heavy atom. The molecule has 0 aliphatic heterocycles. The molecule has 0 N–H and O–H groups in total. The molecule has 0 heterocycles. The molecule has 0 saturated heterocycles. The molecule has 0 nitrogen and oxygen atoms in total. The Labute approximate surface area is 78.3 Å². The van der Waals surface area contributed by atoms with Gasteiger partial charge in [-0.05, 0) is 18.1 Å². The minimum atomic E-state index is 0. The average molecular weight is 189 g/mol. The molecule has 0 amide bonds. The summed E-state index contributed by atoms with van der Waals surface area (Å²) in [5, 5.41) is 0.822. The van der Waals surface area contributed by atoms with E-state index in [2.05, 4.69) is 6.58 Å². The Kier molecular flexibility index (Phi) is 5.01. The van der Waals surface area contributed by atoms with E-state index in [1.165, 1.54) is 0 Å². The van der Waals surface area contributed by atoms with Crippen LogP contribution in [0.15, 0.2) is 36.9 Å². The molecule has 0 aromatic heterocycles. The molecule has 0 fully saturated rings. The minimum Gasteiger partial charge on any atom is -0.147 e. The van der Waals surface area contributed by atoms with Crippen LogP contribution in [0.2, 0.25) is 5.02 Å². The van der Waals surface area contributed by atoms with Crippen LogP contribution in [0.3, 0.4) is 0 Å². The molecule has 0 spiro atoms. The van der Waals surface area contributed by atoms with E-state index in [0.717, 1.165) is 17.0 Å². The molecule has 1 aromatic carbocycles. The Balaban J connectivity index is 0.000001000. The summed E-state index contributed by atoms with van der Waals surface area (Å²) in [4.78, 5) is 0. The second-order valence-electron chi connectivity index (χ2n) is 2.08. The van der Waals surface area contributed by atoms with Crippen molar-refractivity contribution < 1.29 is 0 Å². The normalized spacial score (nSPS) is 8.45. The van der Waals surface area contributed by atoms with Gasteiger partial charge in [-0.15, -0.1) is 19.0 Å². The SMILES string of the molecule is C=CCc1ccccc1Cl.Cl. The summed E-state index contributed by atoms with van der Waals surface area (Å²) in [5.74, 6) is 0. The van der Waals surface area contributed by atoms with Gasteiger partial charge in [0.2, 0.25) is 0 Å². The van der Waals surface area contributed by atoms with E-state index in [1.807, 2.05) is 30.3 Å². The molecule has 2 heteroatoms. The number of benzene rings is 1. The van der Waals surface area contributed by atoms with Gasteiger partial charge in [-0.2, -0.15) is 0 Å². The number of rotatable bonds is 2. The Bertz CT molecular complexity index is 231. The van der Waals surface area contributed by atoms with E-state index in [4.69, 9.17) is 11.6 Å². The van der Waals surface area contributed by atoms with Gasteiger partial charge in [-0.3, -0.25) is 0 Å². The summed E-state index contributed by atoms with van der Waals surface area (Å²) in [5.41, 5.74) is 1.14. The van der Waals surface area contributed by atoms with Crippen LogP contribution < -0.4 is 0 Å². The first-order valence-corrected chi connectivity index (χ1v) is 3.56. The van der Waals surface area contributed by atoms with E-state index in [-0.39, 0.29) is 12.4 Å². The van der Waals surface area contributed by atoms with Crippen molar-refractivity contribution in [1.82, 2.24) is 0 Å². The highest BCUT2D eigenvalue weighted by Crippen LogP contribution is 2.14. The second kappa shape index (κ2) is 5.22. The van der Waals surface area contributed by atoms with E-state index < -0.39 is 0 Å².